The van der Waals surface area contributed by atoms with Gasteiger partial charge in [0.15, 0.2) is 62.6 Å². The molecule has 18 rings (SSSR count). The Morgan fingerprint density at radius 1 is 0.211 bits per heavy atom. The summed E-state index contributed by atoms with van der Waals surface area (Å²) in [6.07, 6.45) is 0. The summed E-state index contributed by atoms with van der Waals surface area (Å²) in [5.41, 5.74) is -1.40. The summed E-state index contributed by atoms with van der Waals surface area (Å²) in [6.45, 7) is 0. The lowest BCUT2D eigenvalue weighted by Gasteiger charge is -2.10. The van der Waals surface area contributed by atoms with E-state index in [2.05, 4.69) is 0 Å². The summed E-state index contributed by atoms with van der Waals surface area (Å²) >= 11 is 0. The highest BCUT2D eigenvalue weighted by atomic mass is 16.5. The molecule has 18 aromatic rings. The van der Waals surface area contributed by atoms with E-state index in [4.69, 9.17) is 36.0 Å². The highest BCUT2D eigenvalue weighted by Crippen LogP contribution is 2.44. The molecular formula is C92H64O36. The number of aromatic hydroxyl groups is 22. The van der Waals surface area contributed by atoms with Gasteiger partial charge in [0.25, 0.3) is 0 Å². The molecule has 36 nitrogen and oxygen atoms in total. The van der Waals surface area contributed by atoms with E-state index in [9.17, 15) is 141 Å². The quantitative estimate of drug-likeness (QED) is 0.0628. The van der Waals surface area contributed by atoms with Crippen LogP contribution in [0.15, 0.2) is 274 Å². The number of fused-ring (bicyclic) bond motifs is 6. The van der Waals surface area contributed by atoms with Crippen molar-refractivity contribution in [1.29, 1.82) is 0 Å². The summed E-state index contributed by atoms with van der Waals surface area (Å²) in [7, 11) is 2.84. The average molecular weight is 1750 g/mol. The van der Waals surface area contributed by atoms with Gasteiger partial charge in [-0.25, -0.2) is 0 Å². The van der Waals surface area contributed by atoms with E-state index in [1.54, 1.807) is 36.4 Å². The number of hydrogen-bond donors (Lipinski definition) is 22. The molecule has 36 heteroatoms. The van der Waals surface area contributed by atoms with E-state index in [1.165, 1.54) is 136 Å². The van der Waals surface area contributed by atoms with Crippen LogP contribution in [0, 0.1) is 0 Å². The van der Waals surface area contributed by atoms with Gasteiger partial charge in [0.2, 0.25) is 44.7 Å². The van der Waals surface area contributed by atoms with Gasteiger partial charge in [-0.3, -0.25) is 28.8 Å². The van der Waals surface area contributed by atoms with Crippen molar-refractivity contribution in [2.75, 3.05) is 14.2 Å². The van der Waals surface area contributed by atoms with Crippen LogP contribution in [0.3, 0.4) is 0 Å². The molecule has 0 saturated carbocycles. The Morgan fingerprint density at radius 3 is 0.898 bits per heavy atom. The van der Waals surface area contributed by atoms with Crippen molar-refractivity contribution in [3.8, 4) is 206 Å². The zero-order chi connectivity index (χ0) is 92.3. The van der Waals surface area contributed by atoms with Crippen molar-refractivity contribution < 1.29 is 148 Å². The van der Waals surface area contributed by atoms with E-state index in [0.29, 0.717) is 33.6 Å². The third-order valence-electron chi connectivity index (χ3n) is 18.8. The van der Waals surface area contributed by atoms with Gasteiger partial charge in [-0.1, -0.05) is 0 Å². The number of phenolic OH excluding ortho intramolecular Hbond substituents is 19. The molecule has 0 aliphatic heterocycles. The normalized spacial score (nSPS) is 10.8. The van der Waals surface area contributed by atoms with Gasteiger partial charge in [0, 0.05) is 112 Å². The van der Waals surface area contributed by atoms with Crippen molar-refractivity contribution in [2.45, 2.75) is 0 Å². The summed E-state index contributed by atoms with van der Waals surface area (Å²) < 4.78 is 43.0. The Labute approximate surface area is 710 Å². The Morgan fingerprint density at radius 2 is 0.516 bits per heavy atom. The predicted octanol–water partition coefficient (Wildman–Crippen LogP) is 14.3. The molecular weight excluding hydrogens is 1680 g/mol. The van der Waals surface area contributed by atoms with E-state index in [1.807, 2.05) is 0 Å². The minimum atomic E-state index is -0.808. The van der Waals surface area contributed by atoms with Gasteiger partial charge in [-0.15, -0.1) is 0 Å². The van der Waals surface area contributed by atoms with Crippen LogP contribution in [-0.4, -0.2) is 127 Å². The average Bonchev–Trinajstić information content (AvgIpc) is 0.739. The van der Waals surface area contributed by atoms with Crippen molar-refractivity contribution >= 4 is 65.8 Å². The van der Waals surface area contributed by atoms with Crippen LogP contribution in [-0.2, 0) is 0 Å². The minimum absolute atomic E-state index is 0.00639. The fourth-order valence-electron chi connectivity index (χ4n) is 12.7. The maximum absolute atomic E-state index is 12.5. The molecule has 0 atom stereocenters. The maximum atomic E-state index is 12.5. The highest BCUT2D eigenvalue weighted by Gasteiger charge is 2.25. The molecule has 0 fully saturated rings. The zero-order valence-corrected chi connectivity index (χ0v) is 65.3. The lowest BCUT2D eigenvalue weighted by molar-refractivity contribution is 0.368. The number of methoxy groups -OCH3 is 2. The van der Waals surface area contributed by atoms with Crippen LogP contribution in [0.5, 0.6) is 138 Å². The van der Waals surface area contributed by atoms with Crippen molar-refractivity contribution in [3.05, 3.63) is 280 Å². The first-order valence-electron chi connectivity index (χ1n) is 36.7. The number of ether oxygens (including phenoxy) is 2. The van der Waals surface area contributed by atoms with Crippen LogP contribution in [0.1, 0.15) is 0 Å². The molecule has 22 N–H and O–H groups in total. The van der Waals surface area contributed by atoms with Crippen LogP contribution in [0.25, 0.3) is 134 Å². The molecule has 0 amide bonds. The third kappa shape index (κ3) is 18.0. The van der Waals surface area contributed by atoms with Crippen molar-refractivity contribution in [3.63, 3.8) is 0 Å². The van der Waals surface area contributed by atoms with Crippen LogP contribution >= 0.6 is 0 Å². The lowest BCUT2D eigenvalue weighted by atomic mass is 10.1. The summed E-state index contributed by atoms with van der Waals surface area (Å²) in [4.78, 5) is 73.0. The lowest BCUT2D eigenvalue weighted by Crippen LogP contribution is -2.07. The minimum Gasteiger partial charge on any atom is -0.508 e. The Hall–Kier alpha value is -18.9. The number of hydrogen-bond acceptors (Lipinski definition) is 36. The fraction of sp³-hybridized carbons (Fsp3) is 0.0217. The highest BCUT2D eigenvalue weighted by molar-refractivity contribution is 5.93. The zero-order valence-electron chi connectivity index (χ0n) is 65.3. The molecule has 12 aromatic carbocycles. The molecule has 648 valence electrons. The summed E-state index contributed by atoms with van der Waals surface area (Å²) in [6, 6.07) is 47.6. The first-order valence-corrected chi connectivity index (χ1v) is 36.7. The molecule has 0 saturated heterocycles. The van der Waals surface area contributed by atoms with Crippen LogP contribution in [0.2, 0.25) is 0 Å². The molecule has 0 bridgehead atoms. The molecule has 0 aliphatic carbocycles. The second-order valence-corrected chi connectivity index (χ2v) is 27.4. The van der Waals surface area contributed by atoms with Crippen LogP contribution < -0.4 is 42.0 Å². The molecule has 0 radical (unpaired) electrons. The van der Waals surface area contributed by atoms with E-state index < -0.39 is 84.3 Å². The smallest absolute Gasteiger partial charge is 0.239 e. The Balaban J connectivity index is 0.000000131. The molecule has 6 aromatic heterocycles. The Bertz CT molecular complexity index is 7780. The van der Waals surface area contributed by atoms with Gasteiger partial charge in [0.1, 0.15) is 158 Å². The second kappa shape index (κ2) is 35.4. The number of benzene rings is 12. The second-order valence-electron chi connectivity index (χ2n) is 27.4. The molecule has 0 unspecified atom stereocenters. The summed E-state index contributed by atoms with van der Waals surface area (Å²) in [5.74, 6) is -6.95. The van der Waals surface area contributed by atoms with E-state index >= 15 is 0 Å². The molecule has 6 heterocycles. The van der Waals surface area contributed by atoms with Gasteiger partial charge in [-0.2, -0.15) is 0 Å². The predicted molar refractivity (Wildman–Crippen MR) is 457 cm³/mol. The molecule has 0 aliphatic rings. The Kier molecular flexibility index (Phi) is 24.1. The first-order chi connectivity index (χ1) is 60.9. The number of rotatable bonds is 8. The van der Waals surface area contributed by atoms with Gasteiger partial charge in [0.05, 0.1) is 19.6 Å². The van der Waals surface area contributed by atoms with Gasteiger partial charge >= 0.3 is 0 Å². The fourth-order valence-corrected chi connectivity index (χ4v) is 12.7. The molecule has 0 spiro atoms. The number of phenols is 19. The first kappa shape index (κ1) is 86.9. The monoisotopic (exact) mass is 1740 g/mol. The van der Waals surface area contributed by atoms with Gasteiger partial charge < -0.3 is 148 Å². The van der Waals surface area contributed by atoms with Crippen molar-refractivity contribution in [2.24, 2.45) is 0 Å². The third-order valence-corrected chi connectivity index (χ3v) is 18.8. The SMILES string of the molecule is COc1c(-c2ccc(O)cc2)oc2cc(O)cc(O)c2c1=O.COc1ccc(-c2oc3cc(O)cc(O)c3c(=O)c2O)cc1.O=c1c(O)c(-c2ccc(O)cc2)oc2cc(O)cc(O)c12.O=c1c(O)c(-c2ccc(O)cc2)oc2cc(O)ccc12.O=c1cc(-c2cc(O)c(O)c(O)c2)oc2cc(O)cc(O)c12.O=c1cc(-c2ccc(O)c(O)c2)oc2cc(O)cc(O)c12. The van der Waals surface area contributed by atoms with Crippen LogP contribution in [0.4, 0.5) is 0 Å². The summed E-state index contributed by atoms with van der Waals surface area (Å²) in [5, 5.41) is 210. The van der Waals surface area contributed by atoms with E-state index in [0.717, 1.165) is 60.7 Å². The topological polar surface area (TPSA) is 645 Å². The van der Waals surface area contributed by atoms with Crippen molar-refractivity contribution in [1.82, 2.24) is 0 Å². The maximum Gasteiger partial charge on any atom is 0.239 e. The molecule has 128 heavy (non-hydrogen) atoms. The van der Waals surface area contributed by atoms with Gasteiger partial charge in [-0.05, 0) is 140 Å². The largest absolute Gasteiger partial charge is 0.508 e. The van der Waals surface area contributed by atoms with E-state index in [-0.39, 0.29) is 186 Å². The standard InChI is InChI=1S/2C16H12O6.C15H10O7.2C15H10O6.C15H10O5/c1-21-10-4-2-8(3-5-10)16-15(20)14(19)13-11(18)6-9(17)7-12(13)22-16;1-21-16-14(20)13-11(19)6-10(18)7-12(13)22-15(16)8-2-4-9(17)5-3-8;16-7-3-8(17)14-9(18)5-12(22-13(14)4-7)6-1-10(19)15(21)11(20)2-6;16-8-3-1-7(2-4-8)15-14(20)13(19)12-10(18)5-9(17)6-11(12)21-15;16-8-4-11(19)15-12(20)6-13(21-14(15)5-8)7-1-2-9(17)10(18)3-7;16-9-3-1-8(2-4-9)15-14(19)13(18)11-6-5-10(17)7-12(11)20-15/h2-7,17-18,20H,1H3;2-7,17-19H,1H3;1-5,16-17,19-21H;1-6,16-18,20H;1-6,16-19H;1-7,16-17,19H.